The van der Waals surface area contributed by atoms with Crippen LogP contribution >= 0.6 is 22.7 Å². The number of thiophene rings is 2. The highest BCUT2D eigenvalue weighted by atomic mass is 32.1. The second kappa shape index (κ2) is 15.8. The minimum absolute atomic E-state index is 1.02. The molecule has 4 aromatic heterocycles. The summed E-state index contributed by atoms with van der Waals surface area (Å²) in [6, 6.07) is 13.5. The van der Waals surface area contributed by atoms with E-state index in [1.54, 1.807) is 0 Å². The fourth-order valence-corrected chi connectivity index (χ4v) is 6.76. The second-order valence-electron chi connectivity index (χ2n) is 10.7. The van der Waals surface area contributed by atoms with Crippen LogP contribution in [0.2, 0.25) is 0 Å². The number of rotatable bonds is 15. The Balaban J connectivity index is 1.36. The van der Waals surface area contributed by atoms with Crippen molar-refractivity contribution < 1.29 is 0 Å². The average Bonchev–Trinajstić information content (AvgIpc) is 3.61. The van der Waals surface area contributed by atoms with Crippen LogP contribution in [0.15, 0.2) is 48.8 Å². The van der Waals surface area contributed by atoms with Crippen LogP contribution in [0.3, 0.4) is 0 Å². The van der Waals surface area contributed by atoms with Gasteiger partial charge in [0, 0.05) is 43.0 Å². The Morgan fingerprint density at radius 1 is 0.575 bits per heavy atom. The number of hydrogen-bond donors (Lipinski definition) is 0. The van der Waals surface area contributed by atoms with Crippen LogP contribution in [-0.4, -0.2) is 9.97 Å². The van der Waals surface area contributed by atoms with Gasteiger partial charge < -0.3 is 0 Å². The molecule has 4 heterocycles. The van der Waals surface area contributed by atoms with Crippen LogP contribution in [0.1, 0.15) is 107 Å². The molecule has 0 aliphatic heterocycles. The maximum atomic E-state index is 4.79. The summed E-state index contributed by atoms with van der Waals surface area (Å²) in [5.41, 5.74) is 6.61. The molecule has 0 aliphatic carbocycles. The van der Waals surface area contributed by atoms with Crippen molar-refractivity contribution in [2.75, 3.05) is 0 Å². The molecule has 210 valence electrons. The van der Waals surface area contributed by atoms with Gasteiger partial charge in [0.25, 0.3) is 0 Å². The number of nitrogens with zero attached hydrogens (tertiary/aromatic N) is 2. The van der Waals surface area contributed by atoms with Crippen molar-refractivity contribution in [2.24, 2.45) is 0 Å². The molecule has 4 aromatic rings. The summed E-state index contributed by atoms with van der Waals surface area (Å²) in [6.45, 7) is 8.81. The molecular formula is C36H44N2S2. The number of aryl methyl sites for hydroxylation is 4. The zero-order chi connectivity index (χ0) is 28.2. The Morgan fingerprint density at radius 2 is 1.02 bits per heavy atom. The fraction of sp³-hybridized carbons (Fsp3) is 0.389. The summed E-state index contributed by atoms with van der Waals surface area (Å²) in [4.78, 5) is 15.1. The number of unbranched alkanes of at least 4 members (excludes halogenated alkanes) is 6. The second-order valence-corrected chi connectivity index (χ2v) is 13.1. The van der Waals surface area contributed by atoms with E-state index in [4.69, 9.17) is 9.97 Å². The molecule has 0 spiro atoms. The minimum atomic E-state index is 1.02. The molecule has 0 amide bonds. The fourth-order valence-electron chi connectivity index (χ4n) is 4.85. The van der Waals surface area contributed by atoms with Crippen molar-refractivity contribution in [2.45, 2.75) is 91.9 Å². The molecule has 0 atom stereocenters. The van der Waals surface area contributed by atoms with E-state index in [1.807, 2.05) is 35.1 Å². The number of pyridine rings is 2. The van der Waals surface area contributed by atoms with Crippen molar-refractivity contribution in [1.29, 1.82) is 0 Å². The van der Waals surface area contributed by atoms with Crippen molar-refractivity contribution in [1.82, 2.24) is 9.97 Å². The maximum Gasteiger partial charge on any atom is 0.0659 e. The summed E-state index contributed by atoms with van der Waals surface area (Å²) >= 11 is 3.80. The standard InChI is InChI=1S/C36H44N2S2/c1-5-7-9-11-13-31-15-17-33(39-31)19-21-35-27(3)23-29(25-37-35)30-24-28(4)36(38-26-30)22-20-34-18-16-32(40-34)14-12-10-8-6-2/h15-26H,5-14H2,1-4H3/b21-19+,22-20+. The van der Waals surface area contributed by atoms with Gasteiger partial charge in [-0.15, -0.1) is 22.7 Å². The molecule has 4 heteroatoms. The Labute approximate surface area is 250 Å². The first-order valence-corrected chi connectivity index (χ1v) is 16.7. The summed E-state index contributed by atoms with van der Waals surface area (Å²) in [5.74, 6) is 0. The summed E-state index contributed by atoms with van der Waals surface area (Å²) < 4.78 is 0. The first kappa shape index (κ1) is 30.1. The SMILES string of the molecule is CCCCCCc1ccc(/C=C/c2ncc(-c3cnc(/C=C/c4ccc(CCCCCC)s4)c(C)c3)cc2C)s1. The molecule has 0 saturated carbocycles. The van der Waals surface area contributed by atoms with Crippen molar-refractivity contribution in [3.8, 4) is 11.1 Å². The first-order chi connectivity index (χ1) is 19.6. The van der Waals surface area contributed by atoms with Crippen molar-refractivity contribution in [3.05, 3.63) is 90.8 Å². The van der Waals surface area contributed by atoms with Crippen molar-refractivity contribution >= 4 is 47.0 Å². The van der Waals surface area contributed by atoms with Gasteiger partial charge in [-0.2, -0.15) is 0 Å². The third-order valence-corrected chi connectivity index (χ3v) is 9.52. The van der Waals surface area contributed by atoms with Gasteiger partial charge >= 0.3 is 0 Å². The Morgan fingerprint density at radius 3 is 1.43 bits per heavy atom. The zero-order valence-corrected chi connectivity index (χ0v) is 26.3. The van der Waals surface area contributed by atoms with Gasteiger partial charge in [-0.1, -0.05) is 52.4 Å². The van der Waals surface area contributed by atoms with Crippen molar-refractivity contribution in [3.63, 3.8) is 0 Å². The molecule has 4 rings (SSSR count). The Hall–Kier alpha value is -2.82. The predicted molar refractivity (Wildman–Crippen MR) is 179 cm³/mol. The summed E-state index contributed by atoms with van der Waals surface area (Å²) in [5, 5.41) is 0. The molecule has 0 fully saturated rings. The molecule has 0 aromatic carbocycles. The van der Waals surface area contributed by atoms with Crippen LogP contribution in [0.4, 0.5) is 0 Å². The minimum Gasteiger partial charge on any atom is -0.256 e. The lowest BCUT2D eigenvalue weighted by molar-refractivity contribution is 0.670. The number of aromatic nitrogens is 2. The first-order valence-electron chi connectivity index (χ1n) is 15.0. The molecule has 0 N–H and O–H groups in total. The molecule has 0 radical (unpaired) electrons. The highest BCUT2D eigenvalue weighted by Gasteiger charge is 2.06. The monoisotopic (exact) mass is 568 g/mol. The third-order valence-electron chi connectivity index (χ3n) is 7.30. The smallest absolute Gasteiger partial charge is 0.0659 e. The largest absolute Gasteiger partial charge is 0.256 e. The molecule has 0 unspecified atom stereocenters. The van der Waals surface area contributed by atoms with Crippen LogP contribution in [0, 0.1) is 13.8 Å². The van der Waals surface area contributed by atoms with E-state index >= 15 is 0 Å². The molecule has 40 heavy (non-hydrogen) atoms. The quantitative estimate of drug-likeness (QED) is 0.133. The Bertz CT molecular complexity index is 1300. The molecule has 2 nitrogen and oxygen atoms in total. The van der Waals surface area contributed by atoms with Gasteiger partial charge in [-0.25, -0.2) is 0 Å². The van der Waals surface area contributed by atoms with Crippen LogP contribution in [0.25, 0.3) is 35.4 Å². The van der Waals surface area contributed by atoms with Crippen LogP contribution in [-0.2, 0) is 12.8 Å². The highest BCUT2D eigenvalue weighted by Crippen LogP contribution is 2.26. The lowest BCUT2D eigenvalue weighted by atomic mass is 10.0. The van der Waals surface area contributed by atoms with Gasteiger partial charge in [0.1, 0.15) is 0 Å². The lowest BCUT2D eigenvalue weighted by Crippen LogP contribution is -1.92. The van der Waals surface area contributed by atoms with Gasteiger partial charge in [0.15, 0.2) is 0 Å². The topological polar surface area (TPSA) is 25.8 Å². The van der Waals surface area contributed by atoms with Gasteiger partial charge in [-0.05, 0) is 111 Å². The molecule has 0 saturated heterocycles. The maximum absolute atomic E-state index is 4.79. The normalized spacial score (nSPS) is 11.8. The van der Waals surface area contributed by atoms with Gasteiger partial charge in [-0.3, -0.25) is 9.97 Å². The van der Waals surface area contributed by atoms with E-state index in [9.17, 15) is 0 Å². The van der Waals surface area contributed by atoms with E-state index in [1.165, 1.54) is 94.8 Å². The molecular weight excluding hydrogens is 525 g/mol. The van der Waals surface area contributed by atoms with E-state index in [0.717, 1.165) is 22.5 Å². The van der Waals surface area contributed by atoms with E-state index in [0.29, 0.717) is 0 Å². The highest BCUT2D eigenvalue weighted by molar-refractivity contribution is 7.13. The Kier molecular flexibility index (Phi) is 11.9. The predicted octanol–water partition coefficient (Wildman–Crippen LogP) is 11.5. The van der Waals surface area contributed by atoms with E-state index < -0.39 is 0 Å². The van der Waals surface area contributed by atoms with Gasteiger partial charge in [0.05, 0.1) is 11.4 Å². The average molecular weight is 569 g/mol. The third kappa shape index (κ3) is 9.11. The number of hydrogen-bond acceptors (Lipinski definition) is 4. The molecule has 0 bridgehead atoms. The summed E-state index contributed by atoms with van der Waals surface area (Å²) in [6.07, 6.45) is 25.5. The van der Waals surface area contributed by atoms with Crippen LogP contribution in [0.5, 0.6) is 0 Å². The zero-order valence-electron chi connectivity index (χ0n) is 24.7. The molecule has 0 aliphatic rings. The van der Waals surface area contributed by atoms with Gasteiger partial charge in [0.2, 0.25) is 0 Å². The van der Waals surface area contributed by atoms with E-state index in [2.05, 4.69) is 88.4 Å². The summed E-state index contributed by atoms with van der Waals surface area (Å²) in [7, 11) is 0. The van der Waals surface area contributed by atoms with E-state index in [-0.39, 0.29) is 0 Å². The lowest BCUT2D eigenvalue weighted by Gasteiger charge is -2.07. The van der Waals surface area contributed by atoms with Crippen LogP contribution < -0.4 is 0 Å².